The molecule has 1 fully saturated rings. The fourth-order valence-corrected chi connectivity index (χ4v) is 5.28. The summed E-state index contributed by atoms with van der Waals surface area (Å²) in [5, 5.41) is -0.418. The van der Waals surface area contributed by atoms with Crippen LogP contribution in [0.15, 0.2) is 30.3 Å². The number of ether oxygens (including phenoxy) is 1. The molecule has 112 valence electrons. The Hall–Kier alpha value is -0.910. The predicted octanol–water partition coefficient (Wildman–Crippen LogP) is 1.57. The summed E-state index contributed by atoms with van der Waals surface area (Å²) in [7, 11) is -3.13. The summed E-state index contributed by atoms with van der Waals surface area (Å²) >= 11 is 0. The standard InChI is InChI=1S/C15H23NO3S/c1-3-19-11-15(10-16)13(12-8-6-5-7-9-12)14(15)20(17,18)4-2/h5-9,13-14H,3-4,10-11,16H2,1-2H3/t13-,14-,15-/m1/s1. The number of rotatable bonds is 7. The fourth-order valence-electron chi connectivity index (χ4n) is 3.13. The third-order valence-corrected chi connectivity index (χ3v) is 6.60. The minimum atomic E-state index is -3.13. The van der Waals surface area contributed by atoms with E-state index < -0.39 is 20.5 Å². The summed E-state index contributed by atoms with van der Waals surface area (Å²) in [5.41, 5.74) is 6.51. The minimum absolute atomic E-state index is 0.0507. The van der Waals surface area contributed by atoms with E-state index in [0.29, 0.717) is 19.8 Å². The molecular weight excluding hydrogens is 274 g/mol. The minimum Gasteiger partial charge on any atom is -0.381 e. The van der Waals surface area contributed by atoms with Crippen molar-refractivity contribution in [3.63, 3.8) is 0 Å². The van der Waals surface area contributed by atoms with Crippen molar-refractivity contribution in [1.29, 1.82) is 0 Å². The highest BCUT2D eigenvalue weighted by molar-refractivity contribution is 7.92. The van der Waals surface area contributed by atoms with Gasteiger partial charge in [0, 0.05) is 30.2 Å². The van der Waals surface area contributed by atoms with Gasteiger partial charge in [-0.1, -0.05) is 37.3 Å². The van der Waals surface area contributed by atoms with Crippen LogP contribution in [0.5, 0.6) is 0 Å². The molecule has 2 rings (SSSR count). The zero-order valence-electron chi connectivity index (χ0n) is 12.1. The van der Waals surface area contributed by atoms with Gasteiger partial charge in [-0.25, -0.2) is 8.42 Å². The van der Waals surface area contributed by atoms with Crippen molar-refractivity contribution in [2.24, 2.45) is 11.1 Å². The van der Waals surface area contributed by atoms with Crippen molar-refractivity contribution in [2.75, 3.05) is 25.5 Å². The molecule has 0 unspecified atom stereocenters. The van der Waals surface area contributed by atoms with Crippen LogP contribution in [0.1, 0.15) is 25.3 Å². The van der Waals surface area contributed by atoms with Crippen molar-refractivity contribution in [3.8, 4) is 0 Å². The van der Waals surface area contributed by atoms with Gasteiger partial charge in [0.25, 0.3) is 0 Å². The molecule has 4 nitrogen and oxygen atoms in total. The van der Waals surface area contributed by atoms with Crippen LogP contribution < -0.4 is 5.73 Å². The van der Waals surface area contributed by atoms with E-state index >= 15 is 0 Å². The van der Waals surface area contributed by atoms with Crippen molar-refractivity contribution in [3.05, 3.63) is 35.9 Å². The SMILES string of the molecule is CCOC[C@]1(CN)[C@H](c2ccccc2)[C@H]1S(=O)(=O)CC. The van der Waals surface area contributed by atoms with Crippen LogP contribution in [0.25, 0.3) is 0 Å². The lowest BCUT2D eigenvalue weighted by molar-refractivity contribution is 0.101. The van der Waals surface area contributed by atoms with E-state index in [2.05, 4.69) is 0 Å². The van der Waals surface area contributed by atoms with E-state index in [1.54, 1.807) is 6.92 Å². The number of sulfone groups is 1. The van der Waals surface area contributed by atoms with Crippen molar-refractivity contribution >= 4 is 9.84 Å². The molecule has 1 aromatic carbocycles. The van der Waals surface area contributed by atoms with Crippen LogP contribution in [-0.2, 0) is 14.6 Å². The smallest absolute Gasteiger partial charge is 0.154 e. The maximum atomic E-state index is 12.4. The molecule has 0 spiro atoms. The van der Waals surface area contributed by atoms with Crippen molar-refractivity contribution in [1.82, 2.24) is 0 Å². The van der Waals surface area contributed by atoms with Gasteiger partial charge in [-0.3, -0.25) is 0 Å². The van der Waals surface area contributed by atoms with Gasteiger partial charge in [-0.15, -0.1) is 0 Å². The van der Waals surface area contributed by atoms with E-state index in [1.165, 1.54) is 0 Å². The number of hydrogen-bond donors (Lipinski definition) is 1. The molecule has 1 aliphatic carbocycles. The molecule has 1 aliphatic rings. The Morgan fingerprint density at radius 3 is 2.40 bits per heavy atom. The van der Waals surface area contributed by atoms with Gasteiger partial charge in [-0.05, 0) is 12.5 Å². The van der Waals surface area contributed by atoms with Crippen molar-refractivity contribution in [2.45, 2.75) is 25.0 Å². The summed E-state index contributed by atoms with van der Waals surface area (Å²) in [5.74, 6) is 0.0970. The molecule has 2 N–H and O–H groups in total. The molecule has 0 aliphatic heterocycles. The second-order valence-corrected chi connectivity index (χ2v) is 7.75. The van der Waals surface area contributed by atoms with Crippen LogP contribution in [-0.4, -0.2) is 39.2 Å². The van der Waals surface area contributed by atoms with Gasteiger partial charge in [0.1, 0.15) is 0 Å². The maximum absolute atomic E-state index is 12.4. The second-order valence-electron chi connectivity index (χ2n) is 5.33. The van der Waals surface area contributed by atoms with E-state index in [4.69, 9.17) is 10.5 Å². The lowest BCUT2D eigenvalue weighted by atomic mass is 10.0. The van der Waals surface area contributed by atoms with E-state index in [1.807, 2.05) is 37.3 Å². The molecule has 0 amide bonds. The number of benzene rings is 1. The van der Waals surface area contributed by atoms with Gasteiger partial charge in [0.2, 0.25) is 0 Å². The summed E-state index contributed by atoms with van der Waals surface area (Å²) in [4.78, 5) is 0. The molecule has 3 atom stereocenters. The average molecular weight is 297 g/mol. The first-order valence-corrected chi connectivity index (χ1v) is 8.79. The third kappa shape index (κ3) is 2.50. The van der Waals surface area contributed by atoms with Gasteiger partial charge >= 0.3 is 0 Å². The van der Waals surface area contributed by atoms with Gasteiger partial charge in [-0.2, -0.15) is 0 Å². The Kier molecular flexibility index (Phi) is 4.52. The Balaban J connectivity index is 2.37. The Bertz CT molecular complexity index is 543. The second kappa shape index (κ2) is 5.84. The summed E-state index contributed by atoms with van der Waals surface area (Å²) < 4.78 is 30.3. The molecular formula is C15H23NO3S. The Labute approximate surface area is 121 Å². The molecule has 0 radical (unpaired) electrons. The van der Waals surface area contributed by atoms with Crippen LogP contribution >= 0.6 is 0 Å². The summed E-state index contributed by atoms with van der Waals surface area (Å²) in [6, 6.07) is 9.76. The monoisotopic (exact) mass is 297 g/mol. The molecule has 0 aromatic heterocycles. The lowest BCUT2D eigenvalue weighted by Crippen LogP contribution is -2.29. The molecule has 0 bridgehead atoms. The van der Waals surface area contributed by atoms with Crippen LogP contribution in [0, 0.1) is 5.41 Å². The normalized spacial score (nSPS) is 29.4. The number of nitrogens with two attached hydrogens (primary N) is 1. The van der Waals surface area contributed by atoms with E-state index in [0.717, 1.165) is 5.56 Å². The third-order valence-electron chi connectivity index (χ3n) is 4.28. The molecule has 20 heavy (non-hydrogen) atoms. The van der Waals surface area contributed by atoms with E-state index in [-0.39, 0.29) is 11.7 Å². The van der Waals surface area contributed by atoms with Crippen LogP contribution in [0.2, 0.25) is 0 Å². The summed E-state index contributed by atoms with van der Waals surface area (Å²) in [6.07, 6.45) is 0. The topological polar surface area (TPSA) is 69.4 Å². The zero-order chi connectivity index (χ0) is 14.8. The van der Waals surface area contributed by atoms with Crippen LogP contribution in [0.4, 0.5) is 0 Å². The zero-order valence-corrected chi connectivity index (χ0v) is 12.9. The molecule has 1 aromatic rings. The first-order chi connectivity index (χ1) is 9.53. The molecule has 5 heteroatoms. The highest BCUT2D eigenvalue weighted by atomic mass is 32.2. The van der Waals surface area contributed by atoms with Gasteiger partial charge in [0.05, 0.1) is 11.9 Å². The predicted molar refractivity (Wildman–Crippen MR) is 80.4 cm³/mol. The largest absolute Gasteiger partial charge is 0.381 e. The Morgan fingerprint density at radius 1 is 1.25 bits per heavy atom. The lowest BCUT2D eigenvalue weighted by Gasteiger charge is -2.15. The van der Waals surface area contributed by atoms with E-state index in [9.17, 15) is 8.42 Å². The quantitative estimate of drug-likeness (QED) is 0.829. The molecule has 1 saturated carbocycles. The van der Waals surface area contributed by atoms with Crippen molar-refractivity contribution < 1.29 is 13.2 Å². The summed E-state index contributed by atoms with van der Waals surface area (Å²) in [6.45, 7) is 4.91. The maximum Gasteiger partial charge on any atom is 0.154 e. The highest BCUT2D eigenvalue weighted by Gasteiger charge is 2.69. The van der Waals surface area contributed by atoms with Crippen LogP contribution in [0.3, 0.4) is 0 Å². The molecule has 0 heterocycles. The highest BCUT2D eigenvalue weighted by Crippen LogP contribution is 2.62. The number of hydrogen-bond acceptors (Lipinski definition) is 4. The van der Waals surface area contributed by atoms with Gasteiger partial charge in [0.15, 0.2) is 9.84 Å². The first kappa shape index (κ1) is 15.5. The molecule has 0 saturated heterocycles. The average Bonchev–Trinajstić information content (AvgIpc) is 3.16. The van der Waals surface area contributed by atoms with Gasteiger partial charge < -0.3 is 10.5 Å². The Morgan fingerprint density at radius 2 is 1.90 bits per heavy atom. The first-order valence-electron chi connectivity index (χ1n) is 7.07. The fraction of sp³-hybridized carbons (Fsp3) is 0.600.